The van der Waals surface area contributed by atoms with Crippen LogP contribution in [0.4, 0.5) is 0 Å². The van der Waals surface area contributed by atoms with Crippen LogP contribution in [0.15, 0.2) is 0 Å². The molecule has 168 valence electrons. The molecular weight excluding hydrogens is 376 g/mol. The van der Waals surface area contributed by atoms with E-state index in [9.17, 15) is 9.59 Å². The van der Waals surface area contributed by atoms with E-state index in [0.717, 1.165) is 48.9 Å². The summed E-state index contributed by atoms with van der Waals surface area (Å²) in [6.45, 7) is 5.88. The second-order valence-corrected chi connectivity index (χ2v) is 11.1. The molecule has 0 aromatic carbocycles. The Hall–Kier alpha value is -1.10. The minimum absolute atomic E-state index is 0.125. The van der Waals surface area contributed by atoms with Crippen molar-refractivity contribution < 1.29 is 14.3 Å². The van der Waals surface area contributed by atoms with E-state index >= 15 is 0 Å². The van der Waals surface area contributed by atoms with Crippen LogP contribution in [0.2, 0.25) is 0 Å². The summed E-state index contributed by atoms with van der Waals surface area (Å²) in [4.78, 5) is 29.3. The van der Waals surface area contributed by atoms with Crippen LogP contribution in [0.5, 0.6) is 0 Å². The third kappa shape index (κ3) is 4.16. The lowest BCUT2D eigenvalue weighted by molar-refractivity contribution is -0.159. The normalized spacial score (nSPS) is 41.8. The molecular formula is C25H40N2O3. The molecule has 30 heavy (non-hydrogen) atoms. The van der Waals surface area contributed by atoms with E-state index in [1.54, 1.807) is 0 Å². The van der Waals surface area contributed by atoms with Crippen molar-refractivity contribution in [3.05, 3.63) is 0 Å². The van der Waals surface area contributed by atoms with E-state index in [4.69, 9.17) is 4.74 Å². The van der Waals surface area contributed by atoms with Gasteiger partial charge in [-0.3, -0.25) is 9.59 Å². The Morgan fingerprint density at radius 3 is 1.80 bits per heavy atom. The molecule has 0 aromatic heterocycles. The summed E-state index contributed by atoms with van der Waals surface area (Å²) in [5.41, 5.74) is 0. The molecule has 5 nitrogen and oxygen atoms in total. The van der Waals surface area contributed by atoms with E-state index in [0.29, 0.717) is 38.7 Å². The average molecular weight is 417 g/mol. The minimum atomic E-state index is -0.218. The summed E-state index contributed by atoms with van der Waals surface area (Å²) in [5, 5.41) is 0. The molecule has 5 heteroatoms. The first-order valence-corrected chi connectivity index (χ1v) is 12.8. The van der Waals surface area contributed by atoms with Gasteiger partial charge in [-0.05, 0) is 87.4 Å². The lowest BCUT2D eigenvalue weighted by Gasteiger charge is -2.42. The van der Waals surface area contributed by atoms with E-state index in [2.05, 4.69) is 6.92 Å². The molecule has 5 unspecified atom stereocenters. The summed E-state index contributed by atoms with van der Waals surface area (Å²) >= 11 is 0. The lowest BCUT2D eigenvalue weighted by Crippen LogP contribution is -2.55. The number of ether oxygens (including phenoxy) is 1. The number of hydrogen-bond donors (Lipinski definition) is 0. The van der Waals surface area contributed by atoms with Crippen molar-refractivity contribution in [3.8, 4) is 0 Å². The Bertz CT molecular complexity index is 632. The van der Waals surface area contributed by atoms with Crippen molar-refractivity contribution in [1.82, 2.24) is 9.80 Å². The zero-order valence-electron chi connectivity index (χ0n) is 18.8. The first-order valence-electron chi connectivity index (χ1n) is 12.8. The van der Waals surface area contributed by atoms with Crippen LogP contribution < -0.4 is 0 Å². The number of nitrogens with zero attached hydrogens (tertiary/aromatic N) is 2. The molecule has 0 radical (unpaired) electrons. The van der Waals surface area contributed by atoms with Crippen LogP contribution in [0.3, 0.4) is 0 Å². The Morgan fingerprint density at radius 2 is 1.20 bits per heavy atom. The van der Waals surface area contributed by atoms with Gasteiger partial charge in [0, 0.05) is 38.5 Å². The van der Waals surface area contributed by atoms with E-state index in [1.807, 2.05) is 9.80 Å². The summed E-state index contributed by atoms with van der Waals surface area (Å²) in [5.74, 6) is 5.47. The Morgan fingerprint density at radius 1 is 0.667 bits per heavy atom. The smallest absolute Gasteiger partial charge is 0.251 e. The van der Waals surface area contributed by atoms with Gasteiger partial charge in [0.05, 0.1) is 6.61 Å². The van der Waals surface area contributed by atoms with Crippen molar-refractivity contribution in [2.45, 2.75) is 77.2 Å². The zero-order chi connectivity index (χ0) is 20.7. The van der Waals surface area contributed by atoms with E-state index in [-0.39, 0.29) is 17.9 Å². The number of fused-ring (bicyclic) bond motifs is 1. The zero-order valence-corrected chi connectivity index (χ0v) is 18.8. The molecule has 0 aromatic rings. The molecule has 0 bridgehead atoms. The van der Waals surface area contributed by atoms with Gasteiger partial charge in [0.1, 0.15) is 6.10 Å². The fourth-order valence-electron chi connectivity index (χ4n) is 7.40. The second kappa shape index (κ2) is 8.80. The molecule has 2 amide bonds. The van der Waals surface area contributed by atoms with Gasteiger partial charge in [0.25, 0.3) is 5.91 Å². The highest BCUT2D eigenvalue weighted by Crippen LogP contribution is 2.50. The summed E-state index contributed by atoms with van der Waals surface area (Å²) in [6.07, 6.45) is 12.6. The van der Waals surface area contributed by atoms with Crippen LogP contribution >= 0.6 is 0 Å². The van der Waals surface area contributed by atoms with Crippen LogP contribution in [-0.4, -0.2) is 60.5 Å². The highest BCUT2D eigenvalue weighted by atomic mass is 16.5. The van der Waals surface area contributed by atoms with E-state index in [1.165, 1.54) is 44.9 Å². The van der Waals surface area contributed by atoms with Gasteiger partial charge in [-0.1, -0.05) is 6.92 Å². The first-order chi connectivity index (χ1) is 14.6. The molecule has 0 spiro atoms. The standard InChI is InChI=1S/C25H40N2O3/c1-17-14-20-6-7-21(16-22(20)15-17)18-2-4-19(5-3-18)24(28)26-9-11-27(12-10-26)25(29)23-8-13-30-23/h17-23H,2-16H2,1H3. The van der Waals surface area contributed by atoms with Crippen LogP contribution in [0.1, 0.15) is 71.1 Å². The average Bonchev–Trinajstić information content (AvgIpc) is 3.11. The van der Waals surface area contributed by atoms with Crippen molar-refractivity contribution in [3.63, 3.8) is 0 Å². The summed E-state index contributed by atoms with van der Waals surface area (Å²) in [6, 6.07) is 0. The van der Waals surface area contributed by atoms with Crippen molar-refractivity contribution in [2.24, 2.45) is 35.5 Å². The SMILES string of the molecule is CC1CC2CCC(C3CCC(C(=O)N4CCN(C(=O)C5CCO5)CC4)CC3)CC2C1. The molecule has 2 aliphatic heterocycles. The van der Waals surface area contributed by atoms with E-state index < -0.39 is 0 Å². The minimum Gasteiger partial charge on any atom is -0.368 e. The lowest BCUT2D eigenvalue weighted by atomic mass is 9.66. The maximum Gasteiger partial charge on any atom is 0.251 e. The molecule has 3 saturated carbocycles. The number of piperazine rings is 1. The van der Waals surface area contributed by atoms with Gasteiger partial charge in [-0.25, -0.2) is 0 Å². The first kappa shape index (κ1) is 20.8. The number of hydrogen-bond acceptors (Lipinski definition) is 3. The molecule has 5 fully saturated rings. The maximum atomic E-state index is 13.1. The van der Waals surface area contributed by atoms with Gasteiger partial charge in [-0.15, -0.1) is 0 Å². The molecule has 3 aliphatic carbocycles. The Kier molecular flexibility index (Phi) is 6.10. The third-order valence-corrected chi connectivity index (χ3v) is 9.26. The van der Waals surface area contributed by atoms with Crippen LogP contribution in [-0.2, 0) is 14.3 Å². The highest BCUT2D eigenvalue weighted by molar-refractivity contribution is 5.82. The summed E-state index contributed by atoms with van der Waals surface area (Å²) in [7, 11) is 0. The number of rotatable bonds is 3. The predicted molar refractivity (Wildman–Crippen MR) is 116 cm³/mol. The second-order valence-electron chi connectivity index (χ2n) is 11.1. The topological polar surface area (TPSA) is 49.9 Å². The fraction of sp³-hybridized carbons (Fsp3) is 0.920. The largest absolute Gasteiger partial charge is 0.368 e. The van der Waals surface area contributed by atoms with Gasteiger partial charge >= 0.3 is 0 Å². The van der Waals surface area contributed by atoms with Crippen molar-refractivity contribution in [1.29, 1.82) is 0 Å². The Labute approximate surface area is 181 Å². The quantitative estimate of drug-likeness (QED) is 0.705. The molecule has 0 N–H and O–H groups in total. The summed E-state index contributed by atoms with van der Waals surface area (Å²) < 4.78 is 5.33. The molecule has 5 rings (SSSR count). The van der Waals surface area contributed by atoms with Crippen molar-refractivity contribution >= 4 is 11.8 Å². The van der Waals surface area contributed by atoms with Crippen molar-refractivity contribution in [2.75, 3.05) is 32.8 Å². The van der Waals surface area contributed by atoms with Crippen LogP contribution in [0, 0.1) is 35.5 Å². The van der Waals surface area contributed by atoms with Gasteiger partial charge < -0.3 is 14.5 Å². The molecule has 2 heterocycles. The third-order valence-electron chi connectivity index (χ3n) is 9.26. The highest BCUT2D eigenvalue weighted by Gasteiger charge is 2.41. The Balaban J connectivity index is 1.06. The molecule has 5 atom stereocenters. The number of amides is 2. The molecule has 2 saturated heterocycles. The van der Waals surface area contributed by atoms with Gasteiger partial charge in [0.15, 0.2) is 0 Å². The number of carbonyl (C=O) groups is 2. The monoisotopic (exact) mass is 416 g/mol. The predicted octanol–water partition coefficient (Wildman–Crippen LogP) is 3.71. The molecule has 5 aliphatic rings. The number of carbonyl (C=O) groups excluding carboxylic acids is 2. The fourth-order valence-corrected chi connectivity index (χ4v) is 7.40. The van der Waals surface area contributed by atoms with Gasteiger partial charge in [-0.2, -0.15) is 0 Å². The van der Waals surface area contributed by atoms with Crippen LogP contribution in [0.25, 0.3) is 0 Å². The van der Waals surface area contributed by atoms with Gasteiger partial charge in [0.2, 0.25) is 5.91 Å². The maximum absolute atomic E-state index is 13.1.